The van der Waals surface area contributed by atoms with Gasteiger partial charge in [-0.05, 0) is 11.8 Å². The number of thiazole rings is 1. The Bertz CT molecular complexity index is 545. The lowest BCUT2D eigenvalue weighted by Gasteiger charge is -1.95. The minimum atomic E-state index is 0.326. The van der Waals surface area contributed by atoms with Crippen molar-refractivity contribution in [2.75, 3.05) is 5.73 Å². The predicted octanol–water partition coefficient (Wildman–Crippen LogP) is 2.21. The molecule has 0 aromatic carbocycles. The molecule has 0 spiro atoms. The van der Waals surface area contributed by atoms with Crippen LogP contribution in [0.5, 0.6) is 0 Å². The van der Waals surface area contributed by atoms with Crippen molar-refractivity contribution in [2.24, 2.45) is 5.41 Å². The quantitative estimate of drug-likeness (QED) is 0.903. The molecule has 1 saturated carbocycles. The molecule has 3 rings (SSSR count). The van der Waals surface area contributed by atoms with Crippen LogP contribution >= 0.6 is 11.3 Å². The maximum Gasteiger partial charge on any atom is 0.232 e. The van der Waals surface area contributed by atoms with Crippen LogP contribution in [0, 0.1) is 5.41 Å². The molecule has 90 valence electrons. The van der Waals surface area contributed by atoms with E-state index in [0.717, 1.165) is 17.9 Å². The second kappa shape index (κ2) is 3.53. The van der Waals surface area contributed by atoms with Crippen molar-refractivity contribution in [3.8, 4) is 0 Å². The number of rotatable bonds is 3. The lowest BCUT2D eigenvalue weighted by molar-refractivity contribution is 0.377. The Hall–Kier alpha value is -1.43. The fourth-order valence-electron chi connectivity index (χ4n) is 1.95. The van der Waals surface area contributed by atoms with Crippen LogP contribution < -0.4 is 5.73 Å². The molecular formula is C11H14N4OS. The Morgan fingerprint density at radius 2 is 2.29 bits per heavy atom. The average molecular weight is 250 g/mol. The van der Waals surface area contributed by atoms with Crippen LogP contribution in [0.3, 0.4) is 0 Å². The van der Waals surface area contributed by atoms with E-state index in [1.165, 1.54) is 11.3 Å². The highest BCUT2D eigenvalue weighted by Gasteiger charge is 2.49. The monoisotopic (exact) mass is 250 g/mol. The minimum absolute atomic E-state index is 0.326. The van der Waals surface area contributed by atoms with Gasteiger partial charge < -0.3 is 10.3 Å². The van der Waals surface area contributed by atoms with Gasteiger partial charge in [0.15, 0.2) is 11.0 Å². The molecule has 2 N–H and O–H groups in total. The first kappa shape index (κ1) is 10.7. The molecule has 0 radical (unpaired) electrons. The molecule has 1 aliphatic rings. The zero-order valence-electron chi connectivity index (χ0n) is 9.80. The van der Waals surface area contributed by atoms with Gasteiger partial charge in [-0.2, -0.15) is 4.98 Å². The SMILES string of the molecule is CC1(C)CC1c1noc(Cc2csc(N)n2)n1. The summed E-state index contributed by atoms with van der Waals surface area (Å²) in [7, 11) is 0. The molecule has 1 fully saturated rings. The summed E-state index contributed by atoms with van der Waals surface area (Å²) < 4.78 is 5.24. The Morgan fingerprint density at radius 3 is 2.88 bits per heavy atom. The maximum absolute atomic E-state index is 5.57. The van der Waals surface area contributed by atoms with E-state index < -0.39 is 0 Å². The second-order valence-corrected chi connectivity index (χ2v) is 6.04. The average Bonchev–Trinajstić information content (AvgIpc) is 2.69. The number of aromatic nitrogens is 3. The number of nitrogens with zero attached hydrogens (tertiary/aromatic N) is 3. The Labute approximate surface area is 103 Å². The van der Waals surface area contributed by atoms with Crippen LogP contribution in [0.2, 0.25) is 0 Å². The van der Waals surface area contributed by atoms with Gasteiger partial charge in [0.2, 0.25) is 5.89 Å². The van der Waals surface area contributed by atoms with Gasteiger partial charge in [-0.15, -0.1) is 11.3 Å². The molecular weight excluding hydrogens is 236 g/mol. The summed E-state index contributed by atoms with van der Waals surface area (Å²) in [6.07, 6.45) is 1.70. The maximum atomic E-state index is 5.57. The van der Waals surface area contributed by atoms with Crippen LogP contribution in [0.1, 0.15) is 43.6 Å². The van der Waals surface area contributed by atoms with Gasteiger partial charge >= 0.3 is 0 Å². The Balaban J connectivity index is 1.73. The topological polar surface area (TPSA) is 77.8 Å². The summed E-state index contributed by atoms with van der Waals surface area (Å²) in [6.45, 7) is 4.43. The summed E-state index contributed by atoms with van der Waals surface area (Å²) >= 11 is 1.43. The van der Waals surface area contributed by atoms with E-state index in [2.05, 4.69) is 29.0 Å². The first-order chi connectivity index (χ1) is 8.04. The highest BCUT2D eigenvalue weighted by atomic mass is 32.1. The molecule has 2 aromatic heterocycles. The van der Waals surface area contributed by atoms with E-state index in [1.807, 2.05) is 5.38 Å². The number of nitrogen functional groups attached to an aromatic ring is 1. The van der Waals surface area contributed by atoms with Crippen LogP contribution in [0.15, 0.2) is 9.90 Å². The van der Waals surface area contributed by atoms with Gasteiger partial charge in [0.05, 0.1) is 12.1 Å². The van der Waals surface area contributed by atoms with E-state index in [9.17, 15) is 0 Å². The minimum Gasteiger partial charge on any atom is -0.375 e. The fraction of sp³-hybridized carbons (Fsp3) is 0.545. The summed E-state index contributed by atoms with van der Waals surface area (Å²) in [5, 5.41) is 6.52. The third kappa shape index (κ3) is 2.04. The first-order valence-electron chi connectivity index (χ1n) is 5.57. The molecule has 1 atom stereocenters. The summed E-state index contributed by atoms with van der Waals surface area (Å²) in [6, 6.07) is 0. The highest BCUT2D eigenvalue weighted by Crippen LogP contribution is 2.57. The second-order valence-electron chi connectivity index (χ2n) is 5.15. The van der Waals surface area contributed by atoms with E-state index >= 15 is 0 Å². The smallest absolute Gasteiger partial charge is 0.232 e. The van der Waals surface area contributed by atoms with Crippen LogP contribution in [-0.4, -0.2) is 15.1 Å². The van der Waals surface area contributed by atoms with Gasteiger partial charge in [0, 0.05) is 11.3 Å². The number of anilines is 1. The van der Waals surface area contributed by atoms with Crippen LogP contribution in [-0.2, 0) is 6.42 Å². The third-order valence-corrected chi connectivity index (χ3v) is 3.93. The van der Waals surface area contributed by atoms with Crippen molar-refractivity contribution in [3.63, 3.8) is 0 Å². The zero-order valence-corrected chi connectivity index (χ0v) is 10.6. The molecule has 2 heterocycles. The summed E-state index contributed by atoms with van der Waals surface area (Å²) in [4.78, 5) is 8.59. The van der Waals surface area contributed by atoms with Crippen molar-refractivity contribution in [2.45, 2.75) is 32.6 Å². The van der Waals surface area contributed by atoms with Gasteiger partial charge in [-0.1, -0.05) is 19.0 Å². The molecule has 1 unspecified atom stereocenters. The lowest BCUT2D eigenvalue weighted by atomic mass is 10.1. The third-order valence-electron chi connectivity index (χ3n) is 3.21. The molecule has 5 nitrogen and oxygen atoms in total. The molecule has 0 bridgehead atoms. The Kier molecular flexibility index (Phi) is 2.22. The largest absolute Gasteiger partial charge is 0.375 e. The molecule has 17 heavy (non-hydrogen) atoms. The summed E-state index contributed by atoms with van der Waals surface area (Å²) in [5.41, 5.74) is 6.78. The number of hydrogen-bond donors (Lipinski definition) is 1. The van der Waals surface area contributed by atoms with E-state index in [4.69, 9.17) is 10.3 Å². The highest BCUT2D eigenvalue weighted by molar-refractivity contribution is 7.13. The molecule has 0 amide bonds. The summed E-state index contributed by atoms with van der Waals surface area (Å²) in [5.74, 6) is 1.89. The standard InChI is InChI=1S/C11H14N4OS/c1-11(2)4-7(11)9-14-8(16-15-9)3-6-5-17-10(12)13-6/h5,7H,3-4H2,1-2H3,(H2,12,13). The van der Waals surface area contributed by atoms with Crippen molar-refractivity contribution >= 4 is 16.5 Å². The van der Waals surface area contributed by atoms with Crippen molar-refractivity contribution < 1.29 is 4.52 Å². The van der Waals surface area contributed by atoms with Gasteiger partial charge in [-0.25, -0.2) is 4.98 Å². The molecule has 1 aliphatic carbocycles. The van der Waals surface area contributed by atoms with Gasteiger partial charge in [-0.3, -0.25) is 0 Å². The zero-order chi connectivity index (χ0) is 12.0. The molecule has 6 heteroatoms. The molecule has 0 aliphatic heterocycles. The van der Waals surface area contributed by atoms with Crippen molar-refractivity contribution in [1.82, 2.24) is 15.1 Å². The van der Waals surface area contributed by atoms with Crippen LogP contribution in [0.25, 0.3) is 0 Å². The van der Waals surface area contributed by atoms with Crippen molar-refractivity contribution in [1.29, 1.82) is 0 Å². The van der Waals surface area contributed by atoms with E-state index in [0.29, 0.717) is 28.8 Å². The fourth-order valence-corrected chi connectivity index (χ4v) is 2.51. The lowest BCUT2D eigenvalue weighted by Crippen LogP contribution is -1.93. The van der Waals surface area contributed by atoms with Gasteiger partial charge in [0.1, 0.15) is 0 Å². The number of nitrogens with two attached hydrogens (primary N) is 1. The molecule has 2 aromatic rings. The first-order valence-corrected chi connectivity index (χ1v) is 6.45. The van der Waals surface area contributed by atoms with Crippen LogP contribution in [0.4, 0.5) is 5.13 Å². The van der Waals surface area contributed by atoms with Gasteiger partial charge in [0.25, 0.3) is 0 Å². The van der Waals surface area contributed by atoms with E-state index in [1.54, 1.807) is 0 Å². The predicted molar refractivity (Wildman–Crippen MR) is 64.8 cm³/mol. The normalized spacial score (nSPS) is 21.6. The Morgan fingerprint density at radius 1 is 1.53 bits per heavy atom. The van der Waals surface area contributed by atoms with E-state index in [-0.39, 0.29) is 0 Å². The van der Waals surface area contributed by atoms with Crippen molar-refractivity contribution in [3.05, 3.63) is 22.8 Å². The molecule has 0 saturated heterocycles. The number of hydrogen-bond acceptors (Lipinski definition) is 6.